The van der Waals surface area contributed by atoms with E-state index in [1.165, 1.54) is 31.4 Å². The van der Waals surface area contributed by atoms with E-state index in [-0.39, 0.29) is 29.5 Å². The zero-order chi connectivity index (χ0) is 18.8. The van der Waals surface area contributed by atoms with Gasteiger partial charge in [-0.15, -0.1) is 24.0 Å². The van der Waals surface area contributed by atoms with Crippen molar-refractivity contribution in [2.75, 3.05) is 40.4 Å². The van der Waals surface area contributed by atoms with Crippen molar-refractivity contribution in [3.8, 4) is 0 Å². The summed E-state index contributed by atoms with van der Waals surface area (Å²) in [7, 11) is 3.45. The molecule has 0 aliphatic heterocycles. The fourth-order valence-electron chi connectivity index (χ4n) is 3.10. The molecule has 1 aromatic rings. The van der Waals surface area contributed by atoms with Gasteiger partial charge in [0.25, 0.3) is 5.91 Å². The lowest BCUT2D eigenvalue weighted by Crippen LogP contribution is -2.48. The molecule has 6 nitrogen and oxygen atoms in total. The number of nitrogens with one attached hydrogen (secondary N) is 3. The lowest BCUT2D eigenvalue weighted by Gasteiger charge is -2.42. The van der Waals surface area contributed by atoms with Crippen molar-refractivity contribution < 1.29 is 13.9 Å². The van der Waals surface area contributed by atoms with E-state index in [1.54, 1.807) is 26.3 Å². The number of carbonyl (C=O) groups is 1. The predicted octanol–water partition coefficient (Wildman–Crippen LogP) is 2.55. The standard InChI is InChI=1S/C19H29FN4O2.HI/c1-21-18(24-14-19(8-5-9-19)10-13-26-2)23-12-11-22-17(25)15-6-3-4-7-16(15)20;/h3-4,6-7H,5,8-14H2,1-2H3,(H,22,25)(H2,21,23,24);1H. The second-order valence-corrected chi connectivity index (χ2v) is 6.68. The van der Waals surface area contributed by atoms with Crippen LogP contribution in [0, 0.1) is 11.2 Å². The number of ether oxygens (including phenoxy) is 1. The molecule has 0 bridgehead atoms. The minimum atomic E-state index is -0.516. The Morgan fingerprint density at radius 3 is 2.52 bits per heavy atom. The maximum atomic E-state index is 13.6. The van der Waals surface area contributed by atoms with Crippen LogP contribution in [0.2, 0.25) is 0 Å². The summed E-state index contributed by atoms with van der Waals surface area (Å²) >= 11 is 0. The van der Waals surface area contributed by atoms with Gasteiger partial charge in [-0.1, -0.05) is 18.6 Å². The monoisotopic (exact) mass is 492 g/mol. The zero-order valence-electron chi connectivity index (χ0n) is 16.0. The van der Waals surface area contributed by atoms with Gasteiger partial charge in [0.2, 0.25) is 0 Å². The molecule has 1 saturated carbocycles. The van der Waals surface area contributed by atoms with Gasteiger partial charge >= 0.3 is 0 Å². The number of hydrogen-bond acceptors (Lipinski definition) is 3. The number of carbonyl (C=O) groups excluding carboxylic acids is 1. The Balaban J connectivity index is 0.00000364. The maximum absolute atomic E-state index is 13.6. The van der Waals surface area contributed by atoms with Gasteiger partial charge < -0.3 is 20.7 Å². The van der Waals surface area contributed by atoms with Crippen molar-refractivity contribution >= 4 is 35.8 Å². The molecule has 0 atom stereocenters. The molecular formula is C19H30FIN4O2. The highest BCUT2D eigenvalue weighted by molar-refractivity contribution is 14.0. The molecule has 0 heterocycles. The van der Waals surface area contributed by atoms with Crippen LogP contribution < -0.4 is 16.0 Å². The molecule has 0 radical (unpaired) electrons. The Bertz CT molecular complexity index is 623. The van der Waals surface area contributed by atoms with Gasteiger partial charge in [-0.2, -0.15) is 0 Å². The van der Waals surface area contributed by atoms with Crippen LogP contribution in [0.1, 0.15) is 36.0 Å². The van der Waals surface area contributed by atoms with Crippen LogP contribution >= 0.6 is 24.0 Å². The topological polar surface area (TPSA) is 74.8 Å². The molecule has 0 aromatic heterocycles. The Hall–Kier alpha value is -1.42. The van der Waals surface area contributed by atoms with Crippen LogP contribution in [0.4, 0.5) is 4.39 Å². The van der Waals surface area contributed by atoms with Crippen LogP contribution in [0.5, 0.6) is 0 Å². The summed E-state index contributed by atoms with van der Waals surface area (Å²) in [4.78, 5) is 16.2. The van der Waals surface area contributed by atoms with E-state index in [4.69, 9.17) is 4.74 Å². The number of hydrogen-bond donors (Lipinski definition) is 3. The summed E-state index contributed by atoms with van der Waals surface area (Å²) in [5.74, 6) is -0.230. The van der Waals surface area contributed by atoms with E-state index in [0.29, 0.717) is 24.5 Å². The molecule has 0 spiro atoms. The maximum Gasteiger partial charge on any atom is 0.254 e. The average Bonchev–Trinajstić information content (AvgIpc) is 2.62. The van der Waals surface area contributed by atoms with Gasteiger partial charge in [-0.25, -0.2) is 4.39 Å². The molecule has 0 unspecified atom stereocenters. The Labute approximate surface area is 177 Å². The summed E-state index contributed by atoms with van der Waals surface area (Å²) in [6, 6.07) is 5.95. The fraction of sp³-hybridized carbons (Fsp3) is 0.579. The molecule has 1 fully saturated rings. The molecule has 1 aromatic carbocycles. The highest BCUT2D eigenvalue weighted by atomic mass is 127. The highest BCUT2D eigenvalue weighted by Gasteiger charge is 2.36. The average molecular weight is 492 g/mol. The second kappa shape index (κ2) is 12.1. The van der Waals surface area contributed by atoms with E-state index >= 15 is 0 Å². The van der Waals surface area contributed by atoms with Crippen molar-refractivity contribution in [3.63, 3.8) is 0 Å². The number of halogens is 2. The van der Waals surface area contributed by atoms with Gasteiger partial charge in [-0.05, 0) is 36.8 Å². The molecule has 1 amide bonds. The minimum absolute atomic E-state index is 0. The largest absolute Gasteiger partial charge is 0.385 e. The van der Waals surface area contributed by atoms with Crippen molar-refractivity contribution in [2.24, 2.45) is 10.4 Å². The van der Waals surface area contributed by atoms with E-state index in [0.717, 1.165) is 19.6 Å². The third-order valence-corrected chi connectivity index (χ3v) is 4.93. The first-order valence-corrected chi connectivity index (χ1v) is 9.06. The van der Waals surface area contributed by atoms with Crippen molar-refractivity contribution in [1.29, 1.82) is 0 Å². The summed E-state index contributed by atoms with van der Waals surface area (Å²) in [5.41, 5.74) is 0.354. The summed E-state index contributed by atoms with van der Waals surface area (Å²) in [5, 5.41) is 9.23. The lowest BCUT2D eigenvalue weighted by atomic mass is 9.67. The van der Waals surface area contributed by atoms with Crippen LogP contribution in [-0.4, -0.2) is 52.3 Å². The first-order chi connectivity index (χ1) is 12.6. The third kappa shape index (κ3) is 7.25. The van der Waals surface area contributed by atoms with Crippen molar-refractivity contribution in [1.82, 2.24) is 16.0 Å². The second-order valence-electron chi connectivity index (χ2n) is 6.68. The van der Waals surface area contributed by atoms with Gasteiger partial charge in [0.15, 0.2) is 5.96 Å². The molecular weight excluding hydrogens is 462 g/mol. The Kier molecular flexibility index (Phi) is 10.6. The van der Waals surface area contributed by atoms with Gasteiger partial charge in [-0.3, -0.25) is 9.79 Å². The number of benzene rings is 1. The predicted molar refractivity (Wildman–Crippen MR) is 116 cm³/mol. The van der Waals surface area contributed by atoms with E-state index in [9.17, 15) is 9.18 Å². The minimum Gasteiger partial charge on any atom is -0.385 e. The van der Waals surface area contributed by atoms with Crippen molar-refractivity contribution in [3.05, 3.63) is 35.6 Å². The quantitative estimate of drug-likeness (QED) is 0.215. The number of amides is 1. The Morgan fingerprint density at radius 1 is 1.22 bits per heavy atom. The molecule has 8 heteroatoms. The van der Waals surface area contributed by atoms with E-state index in [2.05, 4.69) is 20.9 Å². The third-order valence-electron chi connectivity index (χ3n) is 4.93. The molecule has 2 rings (SSSR count). The number of methoxy groups -OCH3 is 1. The van der Waals surface area contributed by atoms with Crippen LogP contribution in [0.15, 0.2) is 29.3 Å². The Morgan fingerprint density at radius 2 is 1.93 bits per heavy atom. The van der Waals surface area contributed by atoms with Gasteiger partial charge in [0.1, 0.15) is 5.82 Å². The summed E-state index contributed by atoms with van der Waals surface area (Å²) in [6.07, 6.45) is 4.73. The van der Waals surface area contributed by atoms with Crippen molar-refractivity contribution in [2.45, 2.75) is 25.7 Å². The normalized spacial score (nSPS) is 15.3. The summed E-state index contributed by atoms with van der Waals surface area (Å²) < 4.78 is 18.8. The number of rotatable bonds is 9. The van der Waals surface area contributed by atoms with E-state index < -0.39 is 11.7 Å². The molecule has 152 valence electrons. The van der Waals surface area contributed by atoms with Crippen LogP contribution in [0.25, 0.3) is 0 Å². The summed E-state index contributed by atoms with van der Waals surface area (Å²) in [6.45, 7) is 2.51. The smallest absolute Gasteiger partial charge is 0.254 e. The first kappa shape index (κ1) is 23.6. The number of nitrogens with zero attached hydrogens (tertiary/aromatic N) is 1. The molecule has 3 N–H and O–H groups in total. The fourth-order valence-corrected chi connectivity index (χ4v) is 3.10. The van der Waals surface area contributed by atoms with Crippen LogP contribution in [-0.2, 0) is 4.74 Å². The van der Waals surface area contributed by atoms with Gasteiger partial charge in [0.05, 0.1) is 5.56 Å². The van der Waals surface area contributed by atoms with Gasteiger partial charge in [0, 0.05) is 40.4 Å². The van der Waals surface area contributed by atoms with E-state index in [1.807, 2.05) is 0 Å². The highest BCUT2D eigenvalue weighted by Crippen LogP contribution is 2.43. The first-order valence-electron chi connectivity index (χ1n) is 9.06. The molecule has 0 saturated heterocycles. The molecule has 1 aliphatic carbocycles. The molecule has 27 heavy (non-hydrogen) atoms. The number of aliphatic imine (C=N–C) groups is 1. The molecule has 1 aliphatic rings. The lowest BCUT2D eigenvalue weighted by molar-refractivity contribution is 0.0732. The van der Waals surface area contributed by atoms with Crippen LogP contribution in [0.3, 0.4) is 0 Å². The number of guanidine groups is 1. The zero-order valence-corrected chi connectivity index (χ0v) is 18.3. The SMILES string of the molecule is CN=C(NCCNC(=O)c1ccccc1F)NCC1(CCOC)CCC1.I.